The Hall–Kier alpha value is -0.180. The second-order valence-corrected chi connectivity index (χ2v) is 2.81. The van der Waals surface area contributed by atoms with Gasteiger partial charge in [-0.1, -0.05) is 0 Å². The molecule has 0 unspecified atom stereocenters. The van der Waals surface area contributed by atoms with Crippen molar-refractivity contribution in [1.29, 1.82) is 0 Å². The van der Waals surface area contributed by atoms with Crippen LogP contribution in [0.4, 0.5) is 0 Å². The third-order valence-corrected chi connectivity index (χ3v) is 1.60. The van der Waals surface area contributed by atoms with Crippen LogP contribution in [0.3, 0.4) is 0 Å². The molecule has 1 amide bonds. The van der Waals surface area contributed by atoms with Crippen molar-refractivity contribution in [2.24, 2.45) is 0 Å². The molecule has 0 aliphatic rings. The van der Waals surface area contributed by atoms with Crippen molar-refractivity contribution in [1.82, 2.24) is 5.32 Å². The standard InChI is InChI=1S/C6H13NOS/c1-6(8)7-4-3-5-9-2/h3-5H2,1-2H3,(H,7,8). The molecule has 0 saturated carbocycles. The molecule has 0 atom stereocenters. The lowest BCUT2D eigenvalue weighted by atomic mass is 10.5. The Kier molecular flexibility index (Phi) is 5.83. The van der Waals surface area contributed by atoms with Crippen molar-refractivity contribution in [2.45, 2.75) is 13.3 Å². The van der Waals surface area contributed by atoms with Crippen LogP contribution in [0.25, 0.3) is 0 Å². The Morgan fingerprint density at radius 1 is 1.67 bits per heavy atom. The third-order valence-electron chi connectivity index (χ3n) is 0.899. The molecule has 0 radical (unpaired) electrons. The topological polar surface area (TPSA) is 29.1 Å². The molecule has 54 valence electrons. The van der Waals surface area contributed by atoms with Gasteiger partial charge in [-0.05, 0) is 18.4 Å². The Morgan fingerprint density at radius 3 is 2.78 bits per heavy atom. The van der Waals surface area contributed by atoms with Crippen LogP contribution >= 0.6 is 11.8 Å². The van der Waals surface area contributed by atoms with E-state index in [2.05, 4.69) is 11.6 Å². The molecule has 0 aliphatic carbocycles. The molecule has 0 rings (SSSR count). The maximum absolute atomic E-state index is 10.3. The van der Waals surface area contributed by atoms with Gasteiger partial charge in [0.15, 0.2) is 0 Å². The van der Waals surface area contributed by atoms with E-state index >= 15 is 0 Å². The number of thioether (sulfide) groups is 1. The van der Waals surface area contributed by atoms with E-state index in [1.165, 1.54) is 0 Å². The van der Waals surface area contributed by atoms with Gasteiger partial charge < -0.3 is 5.32 Å². The quantitative estimate of drug-likeness (QED) is 0.598. The average Bonchev–Trinajstić information content (AvgIpc) is 1.80. The molecular formula is C6H13NOS. The van der Waals surface area contributed by atoms with Crippen LogP contribution in [0, 0.1) is 0 Å². The molecule has 1 N–H and O–H groups in total. The first kappa shape index (κ1) is 8.82. The van der Waals surface area contributed by atoms with E-state index in [0.717, 1.165) is 18.7 Å². The summed E-state index contributed by atoms with van der Waals surface area (Å²) >= 11 is 1.80. The molecule has 2 nitrogen and oxygen atoms in total. The average molecular weight is 147 g/mol. The van der Waals surface area contributed by atoms with E-state index in [-0.39, 0.29) is 5.91 Å². The van der Waals surface area contributed by atoms with Gasteiger partial charge >= 0.3 is 0 Å². The van der Waals surface area contributed by atoms with E-state index in [1.54, 1.807) is 18.7 Å². The van der Waals surface area contributed by atoms with Gasteiger partial charge in [-0.3, -0.25) is 4.79 Å². The van der Waals surface area contributed by atoms with Crippen LogP contribution in [0.15, 0.2) is 0 Å². The normalized spacial score (nSPS) is 9.11. The first-order valence-corrected chi connectivity index (χ1v) is 4.40. The van der Waals surface area contributed by atoms with Gasteiger partial charge in [-0.15, -0.1) is 0 Å². The summed E-state index contributed by atoms with van der Waals surface area (Å²) in [6.45, 7) is 2.36. The lowest BCUT2D eigenvalue weighted by Gasteiger charge is -1.98. The van der Waals surface area contributed by atoms with Gasteiger partial charge in [-0.25, -0.2) is 0 Å². The smallest absolute Gasteiger partial charge is 0.216 e. The fourth-order valence-electron chi connectivity index (χ4n) is 0.481. The monoisotopic (exact) mass is 147 g/mol. The van der Waals surface area contributed by atoms with E-state index in [4.69, 9.17) is 0 Å². The van der Waals surface area contributed by atoms with Gasteiger partial charge in [0.1, 0.15) is 0 Å². The number of nitrogens with one attached hydrogen (secondary N) is 1. The van der Waals surface area contributed by atoms with Crippen LogP contribution in [0.5, 0.6) is 0 Å². The van der Waals surface area contributed by atoms with Crippen LogP contribution < -0.4 is 5.32 Å². The third kappa shape index (κ3) is 7.82. The summed E-state index contributed by atoms with van der Waals surface area (Å²) in [6, 6.07) is 0. The lowest BCUT2D eigenvalue weighted by Crippen LogP contribution is -2.21. The Morgan fingerprint density at radius 2 is 2.33 bits per heavy atom. The van der Waals surface area contributed by atoms with E-state index in [9.17, 15) is 4.79 Å². The number of carbonyl (C=O) groups excluding carboxylic acids is 1. The van der Waals surface area contributed by atoms with Crippen LogP contribution in [0.1, 0.15) is 13.3 Å². The summed E-state index contributed by atoms with van der Waals surface area (Å²) in [7, 11) is 0. The first-order valence-electron chi connectivity index (χ1n) is 3.00. The molecule has 0 bridgehead atoms. The number of rotatable bonds is 4. The van der Waals surface area contributed by atoms with Crippen molar-refractivity contribution >= 4 is 17.7 Å². The highest BCUT2D eigenvalue weighted by Gasteiger charge is 1.87. The minimum absolute atomic E-state index is 0.0658. The van der Waals surface area contributed by atoms with Crippen molar-refractivity contribution in [2.75, 3.05) is 18.6 Å². The summed E-state index contributed by atoms with van der Waals surface area (Å²) in [4.78, 5) is 10.3. The number of hydrogen-bond acceptors (Lipinski definition) is 2. The second-order valence-electron chi connectivity index (χ2n) is 1.83. The minimum atomic E-state index is 0.0658. The highest BCUT2D eigenvalue weighted by atomic mass is 32.2. The van der Waals surface area contributed by atoms with Crippen molar-refractivity contribution in [3.05, 3.63) is 0 Å². The van der Waals surface area contributed by atoms with Crippen molar-refractivity contribution in [3.8, 4) is 0 Å². The van der Waals surface area contributed by atoms with Crippen molar-refractivity contribution in [3.63, 3.8) is 0 Å². The lowest BCUT2D eigenvalue weighted by molar-refractivity contribution is -0.118. The molecule has 3 heteroatoms. The van der Waals surface area contributed by atoms with E-state index in [0.29, 0.717) is 0 Å². The number of hydrogen-bond donors (Lipinski definition) is 1. The highest BCUT2D eigenvalue weighted by Crippen LogP contribution is 1.92. The molecule has 0 saturated heterocycles. The molecule has 0 aliphatic heterocycles. The maximum atomic E-state index is 10.3. The molecule has 0 aromatic rings. The van der Waals surface area contributed by atoms with Gasteiger partial charge in [0.25, 0.3) is 0 Å². The Labute approximate surface area is 60.4 Å². The Balaban J connectivity index is 2.83. The van der Waals surface area contributed by atoms with Gasteiger partial charge in [0.2, 0.25) is 5.91 Å². The molecule has 0 spiro atoms. The van der Waals surface area contributed by atoms with Crippen molar-refractivity contribution < 1.29 is 4.79 Å². The molecule has 0 aromatic heterocycles. The molecular weight excluding hydrogens is 134 g/mol. The SMILES string of the molecule is CSCCCNC(C)=O. The van der Waals surface area contributed by atoms with E-state index < -0.39 is 0 Å². The van der Waals surface area contributed by atoms with Gasteiger partial charge in [0.05, 0.1) is 0 Å². The Bertz CT molecular complexity index is 85.1. The number of amides is 1. The zero-order valence-electron chi connectivity index (χ0n) is 5.94. The zero-order chi connectivity index (χ0) is 7.11. The largest absolute Gasteiger partial charge is 0.356 e. The predicted octanol–water partition coefficient (Wildman–Crippen LogP) is 0.876. The minimum Gasteiger partial charge on any atom is -0.356 e. The van der Waals surface area contributed by atoms with E-state index in [1.807, 2.05) is 0 Å². The van der Waals surface area contributed by atoms with Crippen LogP contribution in [-0.2, 0) is 4.79 Å². The highest BCUT2D eigenvalue weighted by molar-refractivity contribution is 7.98. The second kappa shape index (κ2) is 5.95. The fraction of sp³-hybridized carbons (Fsp3) is 0.833. The fourth-order valence-corrected chi connectivity index (χ4v) is 0.914. The summed E-state index contributed by atoms with van der Waals surface area (Å²) < 4.78 is 0. The number of carbonyl (C=O) groups is 1. The molecule has 0 fully saturated rings. The maximum Gasteiger partial charge on any atom is 0.216 e. The molecule has 9 heavy (non-hydrogen) atoms. The summed E-state index contributed by atoms with van der Waals surface area (Å²) in [5.41, 5.74) is 0. The zero-order valence-corrected chi connectivity index (χ0v) is 6.75. The summed E-state index contributed by atoms with van der Waals surface area (Å²) in [5, 5.41) is 2.73. The summed E-state index contributed by atoms with van der Waals surface area (Å²) in [6.07, 6.45) is 3.13. The van der Waals surface area contributed by atoms with Gasteiger partial charge in [0, 0.05) is 13.5 Å². The van der Waals surface area contributed by atoms with Crippen LogP contribution in [0.2, 0.25) is 0 Å². The molecule has 0 heterocycles. The predicted molar refractivity (Wildman–Crippen MR) is 41.7 cm³/mol. The van der Waals surface area contributed by atoms with Crippen LogP contribution in [-0.4, -0.2) is 24.5 Å². The summed E-state index contributed by atoms with van der Waals surface area (Å²) in [5.74, 6) is 1.19. The molecule has 0 aromatic carbocycles. The van der Waals surface area contributed by atoms with Gasteiger partial charge in [-0.2, -0.15) is 11.8 Å². The first-order chi connectivity index (χ1) is 4.27.